The van der Waals surface area contributed by atoms with Crippen LogP contribution in [0.2, 0.25) is 0 Å². The van der Waals surface area contributed by atoms with E-state index in [4.69, 9.17) is 4.74 Å². The van der Waals surface area contributed by atoms with E-state index in [9.17, 15) is 4.79 Å². The van der Waals surface area contributed by atoms with E-state index in [1.54, 1.807) is 0 Å². The number of hydrogen-bond donors (Lipinski definition) is 1. The highest BCUT2D eigenvalue weighted by Crippen LogP contribution is 2.21. The van der Waals surface area contributed by atoms with Gasteiger partial charge in [-0.1, -0.05) is 0 Å². The van der Waals surface area contributed by atoms with Crippen molar-refractivity contribution in [3.8, 4) is 0 Å². The average Bonchev–Trinajstić information content (AvgIpc) is 2.29. The minimum Gasteiger partial charge on any atom is -0.372 e. The van der Waals surface area contributed by atoms with Gasteiger partial charge in [0.05, 0.1) is 12.2 Å². The summed E-state index contributed by atoms with van der Waals surface area (Å²) in [5, 5.41) is 3.34. The molecular weight excluding hydrogens is 252 g/mol. The van der Waals surface area contributed by atoms with E-state index >= 15 is 0 Å². The van der Waals surface area contributed by atoms with Crippen LogP contribution in [0.25, 0.3) is 0 Å². The minimum absolute atomic E-state index is 0. The van der Waals surface area contributed by atoms with Gasteiger partial charge in [0.2, 0.25) is 5.91 Å². The maximum Gasteiger partial charge on any atom is 0.223 e. The van der Waals surface area contributed by atoms with Gasteiger partial charge in [-0.15, -0.1) is 12.4 Å². The fraction of sp³-hybridized carbons (Fsp3) is 0.923. The summed E-state index contributed by atoms with van der Waals surface area (Å²) in [7, 11) is 0. The first-order chi connectivity index (χ1) is 8.07. The third-order valence-electron chi connectivity index (χ3n) is 3.70. The largest absolute Gasteiger partial charge is 0.372 e. The number of rotatable bonds is 2. The molecule has 2 saturated heterocycles. The number of hydrogen-bond acceptors (Lipinski definition) is 3. The molecule has 0 aromatic heterocycles. The SMILES string of the molecule is CC1(C)CN(C(=O)CC2CCNCC2)CCO1.Cl. The van der Waals surface area contributed by atoms with E-state index in [1.807, 2.05) is 4.90 Å². The van der Waals surface area contributed by atoms with E-state index in [2.05, 4.69) is 19.2 Å². The molecule has 106 valence electrons. The molecular formula is C13H25ClN2O2. The molecule has 2 fully saturated rings. The Hall–Kier alpha value is -0.320. The quantitative estimate of drug-likeness (QED) is 0.830. The molecule has 0 saturated carbocycles. The first-order valence-corrected chi connectivity index (χ1v) is 6.69. The highest BCUT2D eigenvalue weighted by Gasteiger charge is 2.30. The Labute approximate surface area is 116 Å². The zero-order valence-electron chi connectivity index (χ0n) is 11.4. The van der Waals surface area contributed by atoms with Gasteiger partial charge in [0.1, 0.15) is 0 Å². The molecule has 0 radical (unpaired) electrons. The Morgan fingerprint density at radius 2 is 2.06 bits per heavy atom. The summed E-state index contributed by atoms with van der Waals surface area (Å²) in [6.45, 7) is 8.39. The Kier molecular flexibility index (Phi) is 5.89. The molecule has 0 aromatic carbocycles. The fourth-order valence-electron chi connectivity index (χ4n) is 2.69. The van der Waals surface area contributed by atoms with Crippen molar-refractivity contribution in [3.63, 3.8) is 0 Å². The van der Waals surface area contributed by atoms with Gasteiger partial charge in [-0.05, 0) is 45.7 Å². The third-order valence-corrected chi connectivity index (χ3v) is 3.70. The van der Waals surface area contributed by atoms with Gasteiger partial charge in [-0.2, -0.15) is 0 Å². The molecule has 18 heavy (non-hydrogen) atoms. The number of carbonyl (C=O) groups excluding carboxylic acids is 1. The topological polar surface area (TPSA) is 41.6 Å². The number of halogens is 1. The molecule has 0 bridgehead atoms. The number of nitrogens with one attached hydrogen (secondary N) is 1. The lowest BCUT2D eigenvalue weighted by atomic mass is 9.93. The van der Waals surface area contributed by atoms with Crippen molar-refractivity contribution < 1.29 is 9.53 Å². The summed E-state index contributed by atoms with van der Waals surface area (Å²) >= 11 is 0. The highest BCUT2D eigenvalue weighted by atomic mass is 35.5. The summed E-state index contributed by atoms with van der Waals surface area (Å²) in [5.74, 6) is 0.892. The van der Waals surface area contributed by atoms with Gasteiger partial charge >= 0.3 is 0 Å². The van der Waals surface area contributed by atoms with Crippen molar-refractivity contribution in [3.05, 3.63) is 0 Å². The van der Waals surface area contributed by atoms with Gasteiger partial charge in [0.15, 0.2) is 0 Å². The predicted octanol–water partition coefficient (Wildman–Crippen LogP) is 1.44. The van der Waals surface area contributed by atoms with E-state index in [0.29, 0.717) is 18.4 Å². The molecule has 1 N–H and O–H groups in total. The van der Waals surface area contributed by atoms with Gasteiger partial charge in [0, 0.05) is 19.5 Å². The lowest BCUT2D eigenvalue weighted by Gasteiger charge is -2.38. The summed E-state index contributed by atoms with van der Waals surface area (Å²) in [5.41, 5.74) is -0.179. The van der Waals surface area contributed by atoms with Gasteiger partial charge < -0.3 is 15.0 Å². The number of carbonyl (C=O) groups is 1. The zero-order valence-corrected chi connectivity index (χ0v) is 12.2. The Morgan fingerprint density at radius 1 is 1.39 bits per heavy atom. The molecule has 0 spiro atoms. The van der Waals surface area contributed by atoms with Crippen molar-refractivity contribution in [1.82, 2.24) is 10.2 Å². The van der Waals surface area contributed by atoms with Crippen LogP contribution in [0.1, 0.15) is 33.1 Å². The van der Waals surface area contributed by atoms with Crippen molar-refractivity contribution in [1.29, 1.82) is 0 Å². The van der Waals surface area contributed by atoms with Gasteiger partial charge in [-0.3, -0.25) is 4.79 Å². The number of ether oxygens (including phenoxy) is 1. The smallest absolute Gasteiger partial charge is 0.223 e. The fourth-order valence-corrected chi connectivity index (χ4v) is 2.69. The molecule has 0 atom stereocenters. The van der Waals surface area contributed by atoms with Crippen molar-refractivity contribution in [2.45, 2.75) is 38.7 Å². The van der Waals surface area contributed by atoms with Crippen LogP contribution in [0.4, 0.5) is 0 Å². The number of amides is 1. The van der Waals surface area contributed by atoms with Crippen LogP contribution < -0.4 is 5.32 Å². The van der Waals surface area contributed by atoms with Crippen molar-refractivity contribution >= 4 is 18.3 Å². The molecule has 2 aliphatic heterocycles. The molecule has 0 aromatic rings. The Balaban J connectivity index is 0.00000162. The highest BCUT2D eigenvalue weighted by molar-refractivity contribution is 5.85. The second-order valence-corrected chi connectivity index (χ2v) is 5.82. The Bertz CT molecular complexity index is 278. The van der Waals surface area contributed by atoms with Gasteiger partial charge in [-0.25, -0.2) is 0 Å². The van der Waals surface area contributed by atoms with E-state index < -0.39 is 0 Å². The van der Waals surface area contributed by atoms with Crippen LogP contribution in [-0.4, -0.2) is 49.2 Å². The number of piperidine rings is 1. The third kappa shape index (κ3) is 4.41. The van der Waals surface area contributed by atoms with E-state index in [0.717, 1.165) is 45.4 Å². The summed E-state index contributed by atoms with van der Waals surface area (Å²) in [6, 6.07) is 0. The molecule has 4 nitrogen and oxygen atoms in total. The van der Waals surface area contributed by atoms with E-state index in [1.165, 1.54) is 0 Å². The van der Waals surface area contributed by atoms with Crippen LogP contribution in [0.3, 0.4) is 0 Å². The second kappa shape index (κ2) is 6.73. The van der Waals surface area contributed by atoms with Gasteiger partial charge in [0.25, 0.3) is 0 Å². The maximum atomic E-state index is 12.2. The maximum absolute atomic E-state index is 12.2. The Morgan fingerprint density at radius 3 is 2.67 bits per heavy atom. The van der Waals surface area contributed by atoms with Crippen molar-refractivity contribution in [2.75, 3.05) is 32.8 Å². The monoisotopic (exact) mass is 276 g/mol. The lowest BCUT2D eigenvalue weighted by Crippen LogP contribution is -2.51. The average molecular weight is 277 g/mol. The summed E-state index contributed by atoms with van der Waals surface area (Å²) in [6.07, 6.45) is 3.00. The zero-order chi connectivity index (χ0) is 12.3. The molecule has 0 aliphatic carbocycles. The molecule has 2 rings (SSSR count). The first kappa shape index (κ1) is 15.7. The second-order valence-electron chi connectivity index (χ2n) is 5.82. The predicted molar refractivity (Wildman–Crippen MR) is 74.1 cm³/mol. The van der Waals surface area contributed by atoms with Crippen LogP contribution in [0, 0.1) is 5.92 Å². The van der Waals surface area contributed by atoms with Crippen molar-refractivity contribution in [2.24, 2.45) is 5.92 Å². The lowest BCUT2D eigenvalue weighted by molar-refractivity contribution is -0.147. The first-order valence-electron chi connectivity index (χ1n) is 6.69. The van der Waals surface area contributed by atoms with Crippen LogP contribution in [0.15, 0.2) is 0 Å². The summed E-state index contributed by atoms with van der Waals surface area (Å²) < 4.78 is 5.63. The molecule has 0 unspecified atom stereocenters. The number of nitrogens with zero attached hydrogens (tertiary/aromatic N) is 1. The molecule has 1 amide bonds. The normalized spacial score (nSPS) is 24.4. The molecule has 2 heterocycles. The van der Waals surface area contributed by atoms with E-state index in [-0.39, 0.29) is 18.0 Å². The number of morpholine rings is 1. The standard InChI is InChI=1S/C13H24N2O2.ClH/c1-13(2)10-15(7-8-17-13)12(16)9-11-3-5-14-6-4-11;/h11,14H,3-10H2,1-2H3;1H. The minimum atomic E-state index is -0.179. The van der Waals surface area contributed by atoms with Crippen LogP contribution >= 0.6 is 12.4 Å². The summed E-state index contributed by atoms with van der Waals surface area (Å²) in [4.78, 5) is 14.2. The molecule has 5 heteroatoms. The molecule has 2 aliphatic rings. The van der Waals surface area contributed by atoms with Crippen LogP contribution in [-0.2, 0) is 9.53 Å². The van der Waals surface area contributed by atoms with Crippen LogP contribution in [0.5, 0.6) is 0 Å².